The lowest BCUT2D eigenvalue weighted by Crippen LogP contribution is -2.19. The van der Waals surface area contributed by atoms with E-state index in [0.717, 1.165) is 18.7 Å². The predicted octanol–water partition coefficient (Wildman–Crippen LogP) is 2.45. The molecule has 20 heavy (non-hydrogen) atoms. The molecule has 6 nitrogen and oxygen atoms in total. The van der Waals surface area contributed by atoms with Gasteiger partial charge in [0.1, 0.15) is 5.76 Å². The van der Waals surface area contributed by atoms with Crippen LogP contribution in [0.25, 0.3) is 0 Å². The number of nitrogens with zero attached hydrogens (tertiary/aromatic N) is 2. The predicted molar refractivity (Wildman–Crippen MR) is 76.3 cm³/mol. The Labute approximate surface area is 119 Å². The Balaban J connectivity index is 1.77. The van der Waals surface area contributed by atoms with E-state index in [1.54, 1.807) is 6.26 Å². The monoisotopic (exact) mass is 278 g/mol. The quantitative estimate of drug-likeness (QED) is 0.772. The third-order valence-electron chi connectivity index (χ3n) is 2.75. The van der Waals surface area contributed by atoms with E-state index in [-0.39, 0.29) is 6.04 Å². The summed E-state index contributed by atoms with van der Waals surface area (Å²) in [6.45, 7) is 7.89. The van der Waals surface area contributed by atoms with Crippen LogP contribution >= 0.6 is 0 Å². The van der Waals surface area contributed by atoms with Gasteiger partial charge in [-0.3, -0.25) is 0 Å². The van der Waals surface area contributed by atoms with E-state index in [9.17, 15) is 0 Å². The van der Waals surface area contributed by atoms with Crippen LogP contribution in [0.1, 0.15) is 32.4 Å². The Bertz CT molecular complexity index is 493. The van der Waals surface area contributed by atoms with Crippen LogP contribution in [0.5, 0.6) is 0 Å². The van der Waals surface area contributed by atoms with Gasteiger partial charge in [-0.25, -0.2) is 0 Å². The van der Waals surface area contributed by atoms with Crippen molar-refractivity contribution >= 4 is 6.01 Å². The van der Waals surface area contributed by atoms with E-state index in [4.69, 9.17) is 8.83 Å². The number of hydrogen-bond acceptors (Lipinski definition) is 6. The fourth-order valence-electron chi connectivity index (χ4n) is 1.84. The molecule has 6 heteroatoms. The summed E-state index contributed by atoms with van der Waals surface area (Å²) in [6, 6.07) is 4.45. The third-order valence-corrected chi connectivity index (χ3v) is 2.75. The molecule has 0 spiro atoms. The second kappa shape index (κ2) is 7.09. The van der Waals surface area contributed by atoms with Crippen molar-refractivity contribution in [3.05, 3.63) is 30.0 Å². The first-order valence-electron chi connectivity index (χ1n) is 6.95. The summed E-state index contributed by atoms with van der Waals surface area (Å²) in [5, 5.41) is 14.4. The van der Waals surface area contributed by atoms with Crippen LogP contribution in [0.4, 0.5) is 6.01 Å². The van der Waals surface area contributed by atoms with E-state index < -0.39 is 0 Å². The Hall–Kier alpha value is -1.82. The lowest BCUT2D eigenvalue weighted by Gasteiger charge is -2.09. The van der Waals surface area contributed by atoms with E-state index in [1.165, 1.54) is 0 Å². The molecule has 0 aliphatic carbocycles. The van der Waals surface area contributed by atoms with Gasteiger partial charge in [0.2, 0.25) is 5.89 Å². The number of hydrogen-bond donors (Lipinski definition) is 2. The SMILES string of the molecule is CC(C)CNCc1nnc(NC(C)Cc2ccco2)o1. The molecule has 0 fully saturated rings. The van der Waals surface area contributed by atoms with E-state index in [0.29, 0.717) is 24.4 Å². The average Bonchev–Trinajstić information content (AvgIpc) is 3.01. The molecule has 0 aliphatic heterocycles. The summed E-state index contributed by atoms with van der Waals surface area (Å²) in [5.74, 6) is 2.13. The van der Waals surface area contributed by atoms with Gasteiger partial charge in [-0.2, -0.15) is 0 Å². The largest absolute Gasteiger partial charge is 0.469 e. The molecule has 1 unspecified atom stereocenters. The standard InChI is InChI=1S/C14H22N4O2/c1-10(2)8-15-9-13-17-18-14(20-13)16-11(3)7-12-5-4-6-19-12/h4-6,10-11,15H,7-9H2,1-3H3,(H,16,18). The summed E-state index contributed by atoms with van der Waals surface area (Å²) in [4.78, 5) is 0. The topological polar surface area (TPSA) is 76.1 Å². The summed E-state index contributed by atoms with van der Waals surface area (Å²) in [5.41, 5.74) is 0. The van der Waals surface area contributed by atoms with Gasteiger partial charge in [-0.1, -0.05) is 18.9 Å². The van der Waals surface area contributed by atoms with Crippen molar-refractivity contribution in [1.82, 2.24) is 15.5 Å². The fourth-order valence-corrected chi connectivity index (χ4v) is 1.84. The number of aromatic nitrogens is 2. The maximum absolute atomic E-state index is 5.53. The first-order chi connectivity index (χ1) is 9.63. The molecule has 0 saturated carbocycles. The minimum atomic E-state index is 0.165. The molecule has 2 aromatic heterocycles. The van der Waals surface area contributed by atoms with Crippen molar-refractivity contribution in [2.75, 3.05) is 11.9 Å². The molecule has 0 aromatic carbocycles. The van der Waals surface area contributed by atoms with Gasteiger partial charge < -0.3 is 19.5 Å². The van der Waals surface area contributed by atoms with Gasteiger partial charge in [0.25, 0.3) is 0 Å². The van der Waals surface area contributed by atoms with Crippen molar-refractivity contribution < 1.29 is 8.83 Å². The Morgan fingerprint density at radius 2 is 2.10 bits per heavy atom. The number of rotatable bonds is 8. The Kier molecular flexibility index (Phi) is 5.17. The maximum atomic E-state index is 5.53. The van der Waals surface area contributed by atoms with Crippen LogP contribution in [-0.2, 0) is 13.0 Å². The lowest BCUT2D eigenvalue weighted by atomic mass is 10.2. The molecule has 0 aliphatic rings. The van der Waals surface area contributed by atoms with Crippen molar-refractivity contribution in [2.24, 2.45) is 5.92 Å². The molecule has 0 saturated heterocycles. The zero-order valence-electron chi connectivity index (χ0n) is 12.2. The van der Waals surface area contributed by atoms with Gasteiger partial charge in [0, 0.05) is 12.5 Å². The van der Waals surface area contributed by atoms with Crippen molar-refractivity contribution in [1.29, 1.82) is 0 Å². The molecule has 0 amide bonds. The van der Waals surface area contributed by atoms with Gasteiger partial charge in [-0.05, 0) is 31.5 Å². The van der Waals surface area contributed by atoms with Crippen molar-refractivity contribution in [3.63, 3.8) is 0 Å². The van der Waals surface area contributed by atoms with E-state index in [2.05, 4.69) is 34.7 Å². The molecule has 1 atom stereocenters. The molecular formula is C14H22N4O2. The van der Waals surface area contributed by atoms with Crippen LogP contribution in [0.3, 0.4) is 0 Å². The molecule has 2 aromatic rings. The molecule has 2 rings (SSSR count). The van der Waals surface area contributed by atoms with Crippen LogP contribution in [-0.4, -0.2) is 22.8 Å². The lowest BCUT2D eigenvalue weighted by molar-refractivity contribution is 0.453. The second-order valence-electron chi connectivity index (χ2n) is 5.35. The summed E-state index contributed by atoms with van der Waals surface area (Å²) in [6.07, 6.45) is 2.45. The van der Waals surface area contributed by atoms with Crippen molar-refractivity contribution in [3.8, 4) is 0 Å². The number of anilines is 1. The number of nitrogens with one attached hydrogen (secondary N) is 2. The van der Waals surface area contributed by atoms with Gasteiger partial charge >= 0.3 is 6.01 Å². The van der Waals surface area contributed by atoms with Gasteiger partial charge in [-0.15, -0.1) is 5.10 Å². The van der Waals surface area contributed by atoms with Crippen LogP contribution in [0.2, 0.25) is 0 Å². The molecule has 2 heterocycles. The molecule has 0 radical (unpaired) electrons. The second-order valence-corrected chi connectivity index (χ2v) is 5.35. The fraction of sp³-hybridized carbons (Fsp3) is 0.571. The first kappa shape index (κ1) is 14.6. The summed E-state index contributed by atoms with van der Waals surface area (Å²) >= 11 is 0. The zero-order valence-corrected chi connectivity index (χ0v) is 12.2. The molecule has 2 N–H and O–H groups in total. The molecule has 0 bridgehead atoms. The average molecular weight is 278 g/mol. The maximum Gasteiger partial charge on any atom is 0.315 e. The highest BCUT2D eigenvalue weighted by atomic mass is 16.4. The van der Waals surface area contributed by atoms with Crippen molar-refractivity contribution in [2.45, 2.75) is 39.8 Å². The smallest absolute Gasteiger partial charge is 0.315 e. The normalized spacial score (nSPS) is 12.8. The highest BCUT2D eigenvalue weighted by Gasteiger charge is 2.10. The zero-order chi connectivity index (χ0) is 14.4. The third kappa shape index (κ3) is 4.70. The molecular weight excluding hydrogens is 256 g/mol. The van der Waals surface area contributed by atoms with Crippen LogP contribution < -0.4 is 10.6 Å². The summed E-state index contributed by atoms with van der Waals surface area (Å²) < 4.78 is 10.8. The van der Waals surface area contributed by atoms with Gasteiger partial charge in [0.15, 0.2) is 0 Å². The molecule has 110 valence electrons. The van der Waals surface area contributed by atoms with Crippen LogP contribution in [0, 0.1) is 5.92 Å². The van der Waals surface area contributed by atoms with Gasteiger partial charge in [0.05, 0.1) is 12.8 Å². The Morgan fingerprint density at radius 3 is 2.80 bits per heavy atom. The number of furan rings is 1. The van der Waals surface area contributed by atoms with E-state index in [1.807, 2.05) is 19.1 Å². The Morgan fingerprint density at radius 1 is 1.25 bits per heavy atom. The summed E-state index contributed by atoms with van der Waals surface area (Å²) in [7, 11) is 0. The highest BCUT2D eigenvalue weighted by molar-refractivity contribution is 5.20. The van der Waals surface area contributed by atoms with E-state index >= 15 is 0 Å². The highest BCUT2D eigenvalue weighted by Crippen LogP contribution is 2.10. The minimum absolute atomic E-state index is 0.165. The minimum Gasteiger partial charge on any atom is -0.469 e. The van der Waals surface area contributed by atoms with Crippen LogP contribution in [0.15, 0.2) is 27.2 Å². The first-order valence-corrected chi connectivity index (χ1v) is 6.95.